The molecule has 1 amide bonds. The number of alkyl halides is 3. The monoisotopic (exact) mass is 376 g/mol. The number of ether oxygens (including phenoxy) is 1. The molecule has 2 aromatic rings. The van der Waals surface area contributed by atoms with E-state index in [1.54, 1.807) is 0 Å². The Morgan fingerprint density at radius 2 is 1.88 bits per heavy atom. The molecule has 25 heavy (non-hydrogen) atoms. The lowest BCUT2D eigenvalue weighted by molar-refractivity contribution is -0.384. The smallest absolute Gasteiger partial charge is 0.445 e. The van der Waals surface area contributed by atoms with Crippen LogP contribution in [0.15, 0.2) is 18.2 Å². The number of halogens is 3. The average Bonchev–Trinajstić information content (AvgIpc) is 3.02. The molecule has 1 aromatic carbocycles. The number of hydrogen-bond donors (Lipinski definition) is 1. The van der Waals surface area contributed by atoms with Crippen LogP contribution in [0.2, 0.25) is 0 Å². The van der Waals surface area contributed by atoms with E-state index in [2.05, 4.69) is 14.9 Å². The zero-order valence-corrected chi connectivity index (χ0v) is 13.0. The van der Waals surface area contributed by atoms with Crippen molar-refractivity contribution in [2.24, 2.45) is 0 Å². The van der Waals surface area contributed by atoms with Gasteiger partial charge < -0.3 is 4.74 Å². The quantitative estimate of drug-likeness (QED) is 0.494. The molecule has 0 bridgehead atoms. The van der Waals surface area contributed by atoms with Crippen molar-refractivity contribution < 1.29 is 32.4 Å². The Hall–Kier alpha value is -3.09. The van der Waals surface area contributed by atoms with Gasteiger partial charge in [0.1, 0.15) is 0 Å². The van der Waals surface area contributed by atoms with Crippen LogP contribution in [0.5, 0.6) is 0 Å². The van der Waals surface area contributed by atoms with E-state index >= 15 is 0 Å². The van der Waals surface area contributed by atoms with Crippen LogP contribution in [0.4, 0.5) is 24.0 Å². The van der Waals surface area contributed by atoms with Gasteiger partial charge in [0, 0.05) is 17.7 Å². The minimum absolute atomic E-state index is 0.0837. The van der Waals surface area contributed by atoms with Gasteiger partial charge in [-0.1, -0.05) is 11.3 Å². The summed E-state index contributed by atoms with van der Waals surface area (Å²) in [5, 5.41) is 17.3. The molecule has 0 spiro atoms. The van der Waals surface area contributed by atoms with E-state index in [0.717, 1.165) is 25.3 Å². The zero-order valence-electron chi connectivity index (χ0n) is 12.2. The number of carbonyl (C=O) groups is 2. The first kappa shape index (κ1) is 18.3. The summed E-state index contributed by atoms with van der Waals surface area (Å²) in [6.07, 6.45) is -4.72. The summed E-state index contributed by atoms with van der Waals surface area (Å²) in [5.41, 5.74) is -1.17. The topological polar surface area (TPSA) is 124 Å². The number of nitrogens with zero attached hydrogens (tertiary/aromatic N) is 3. The molecule has 0 fully saturated rings. The van der Waals surface area contributed by atoms with Crippen molar-refractivity contribution in [3.05, 3.63) is 44.4 Å². The summed E-state index contributed by atoms with van der Waals surface area (Å²) in [5.74, 6) is -1.92. The predicted octanol–water partition coefficient (Wildman–Crippen LogP) is 2.50. The van der Waals surface area contributed by atoms with Crippen molar-refractivity contribution in [2.75, 3.05) is 12.4 Å². The van der Waals surface area contributed by atoms with Crippen LogP contribution in [0.3, 0.4) is 0 Å². The van der Waals surface area contributed by atoms with Gasteiger partial charge in [0.25, 0.3) is 11.6 Å². The van der Waals surface area contributed by atoms with Crippen molar-refractivity contribution in [2.45, 2.75) is 6.18 Å². The summed E-state index contributed by atoms with van der Waals surface area (Å²) < 4.78 is 41.8. The molecule has 1 N–H and O–H groups in total. The van der Waals surface area contributed by atoms with Gasteiger partial charge in [-0.05, 0) is 6.07 Å². The van der Waals surface area contributed by atoms with E-state index in [-0.39, 0.29) is 22.5 Å². The van der Waals surface area contributed by atoms with Gasteiger partial charge in [-0.3, -0.25) is 20.2 Å². The first-order valence-electron chi connectivity index (χ1n) is 6.21. The molecule has 13 heteroatoms. The molecule has 0 unspecified atom stereocenters. The number of methoxy groups -OCH3 is 1. The predicted molar refractivity (Wildman–Crippen MR) is 77.3 cm³/mol. The first-order valence-corrected chi connectivity index (χ1v) is 7.03. The van der Waals surface area contributed by atoms with Crippen LogP contribution in [0, 0.1) is 10.1 Å². The SMILES string of the molecule is COC(=O)c1cc(C(=O)Nc2nnc(C(F)(F)F)s2)cc([N+](=O)[O-])c1. The van der Waals surface area contributed by atoms with Crippen LogP contribution in [-0.2, 0) is 10.9 Å². The number of nitro benzene ring substituents is 1. The summed E-state index contributed by atoms with van der Waals surface area (Å²) in [6.45, 7) is 0. The van der Waals surface area contributed by atoms with E-state index in [1.165, 1.54) is 0 Å². The molecule has 132 valence electrons. The van der Waals surface area contributed by atoms with Crippen LogP contribution in [0.25, 0.3) is 0 Å². The molecular formula is C12H7F3N4O5S. The Balaban J connectivity index is 2.32. The highest BCUT2D eigenvalue weighted by Crippen LogP contribution is 2.33. The second-order valence-electron chi connectivity index (χ2n) is 4.38. The summed E-state index contributed by atoms with van der Waals surface area (Å²) in [4.78, 5) is 33.6. The standard InChI is InChI=1S/C12H7F3N4O5S/c1-24-9(21)6-2-5(3-7(4-6)19(22)23)8(20)16-11-18-17-10(25-11)12(13,14)15/h2-4H,1H3,(H,16,18,20). The van der Waals surface area contributed by atoms with E-state index in [0.29, 0.717) is 0 Å². The van der Waals surface area contributed by atoms with Gasteiger partial charge in [-0.25, -0.2) is 4.79 Å². The molecule has 1 aromatic heterocycles. The van der Waals surface area contributed by atoms with Crippen molar-refractivity contribution in [3.63, 3.8) is 0 Å². The number of carbonyl (C=O) groups excluding carboxylic acids is 2. The molecule has 0 saturated carbocycles. The minimum Gasteiger partial charge on any atom is -0.465 e. The Bertz CT molecular complexity index is 852. The largest absolute Gasteiger partial charge is 0.465 e. The summed E-state index contributed by atoms with van der Waals surface area (Å²) in [6, 6.07) is 2.75. The maximum absolute atomic E-state index is 12.5. The third kappa shape index (κ3) is 4.26. The molecule has 0 atom stereocenters. The van der Waals surface area contributed by atoms with E-state index < -0.39 is 38.8 Å². The molecule has 2 rings (SSSR count). The third-order valence-electron chi connectivity index (χ3n) is 2.70. The fraction of sp³-hybridized carbons (Fsp3) is 0.167. The zero-order chi connectivity index (χ0) is 18.8. The molecule has 0 aliphatic rings. The Morgan fingerprint density at radius 1 is 1.24 bits per heavy atom. The number of non-ortho nitro benzene ring substituents is 1. The first-order chi connectivity index (χ1) is 11.6. The molecular weight excluding hydrogens is 369 g/mol. The lowest BCUT2D eigenvalue weighted by Crippen LogP contribution is -2.14. The maximum Gasteiger partial charge on any atom is 0.445 e. The number of esters is 1. The Morgan fingerprint density at radius 3 is 2.40 bits per heavy atom. The number of hydrogen-bond acceptors (Lipinski definition) is 8. The van der Waals surface area contributed by atoms with E-state index in [4.69, 9.17) is 0 Å². The second-order valence-corrected chi connectivity index (χ2v) is 5.36. The number of aromatic nitrogens is 2. The second kappa shape index (κ2) is 6.80. The van der Waals surface area contributed by atoms with Crippen LogP contribution < -0.4 is 5.32 Å². The highest BCUT2D eigenvalue weighted by molar-refractivity contribution is 7.15. The van der Waals surface area contributed by atoms with Gasteiger partial charge in [-0.2, -0.15) is 13.2 Å². The third-order valence-corrected chi connectivity index (χ3v) is 3.58. The lowest BCUT2D eigenvalue weighted by atomic mass is 10.1. The molecule has 1 heterocycles. The molecule has 9 nitrogen and oxygen atoms in total. The number of nitro groups is 1. The number of rotatable bonds is 4. The Labute approximate surface area is 140 Å². The van der Waals surface area contributed by atoms with Crippen molar-refractivity contribution >= 4 is 34.0 Å². The number of anilines is 1. The van der Waals surface area contributed by atoms with Crippen LogP contribution in [0.1, 0.15) is 25.7 Å². The summed E-state index contributed by atoms with van der Waals surface area (Å²) >= 11 is 0.0837. The van der Waals surface area contributed by atoms with Gasteiger partial charge in [0.2, 0.25) is 10.1 Å². The summed E-state index contributed by atoms with van der Waals surface area (Å²) in [7, 11) is 1.04. The highest BCUT2D eigenvalue weighted by atomic mass is 32.1. The fourth-order valence-electron chi connectivity index (χ4n) is 1.64. The fourth-order valence-corrected chi connectivity index (χ4v) is 2.25. The van der Waals surface area contributed by atoms with Gasteiger partial charge >= 0.3 is 12.1 Å². The minimum atomic E-state index is -4.72. The van der Waals surface area contributed by atoms with Crippen LogP contribution in [-0.4, -0.2) is 34.1 Å². The maximum atomic E-state index is 12.5. The highest BCUT2D eigenvalue weighted by Gasteiger charge is 2.35. The Kier molecular flexibility index (Phi) is 4.97. The van der Waals surface area contributed by atoms with Crippen molar-refractivity contribution in [3.8, 4) is 0 Å². The molecule has 0 saturated heterocycles. The van der Waals surface area contributed by atoms with Gasteiger partial charge in [-0.15, -0.1) is 10.2 Å². The molecule has 0 aliphatic heterocycles. The number of benzene rings is 1. The normalized spacial score (nSPS) is 11.0. The van der Waals surface area contributed by atoms with Crippen molar-refractivity contribution in [1.29, 1.82) is 0 Å². The van der Waals surface area contributed by atoms with Crippen molar-refractivity contribution in [1.82, 2.24) is 10.2 Å². The van der Waals surface area contributed by atoms with Crippen LogP contribution >= 0.6 is 11.3 Å². The lowest BCUT2D eigenvalue weighted by Gasteiger charge is -2.04. The van der Waals surface area contributed by atoms with E-state index in [1.807, 2.05) is 5.32 Å². The average molecular weight is 376 g/mol. The molecule has 0 aliphatic carbocycles. The van der Waals surface area contributed by atoms with E-state index in [9.17, 15) is 32.9 Å². The number of amides is 1. The van der Waals surface area contributed by atoms with Gasteiger partial charge in [0.15, 0.2) is 0 Å². The molecule has 0 radical (unpaired) electrons. The van der Waals surface area contributed by atoms with Gasteiger partial charge in [0.05, 0.1) is 17.6 Å². The number of nitrogens with one attached hydrogen (secondary N) is 1.